The summed E-state index contributed by atoms with van der Waals surface area (Å²) in [6.07, 6.45) is 2.23. The van der Waals surface area contributed by atoms with Gasteiger partial charge in [-0.1, -0.05) is 24.3 Å². The van der Waals surface area contributed by atoms with Gasteiger partial charge in [0, 0.05) is 44.2 Å². The fourth-order valence-electron chi connectivity index (χ4n) is 4.14. The number of hydrogen-bond acceptors (Lipinski definition) is 3. The Bertz CT molecular complexity index is 611. The van der Waals surface area contributed by atoms with Crippen LogP contribution in [0.5, 0.6) is 0 Å². The lowest BCUT2D eigenvalue weighted by atomic mass is 9.88. The summed E-state index contributed by atoms with van der Waals surface area (Å²) in [7, 11) is 0. The molecule has 1 atom stereocenters. The highest BCUT2D eigenvalue weighted by Gasteiger charge is 2.30. The van der Waals surface area contributed by atoms with Crippen LogP contribution in [0.4, 0.5) is 4.79 Å². The normalized spacial score (nSPS) is 22.3. The average molecular weight is 360 g/mol. The summed E-state index contributed by atoms with van der Waals surface area (Å²) in [6, 6.07) is 8.64. The van der Waals surface area contributed by atoms with E-state index in [0.717, 1.165) is 52.2 Å². The first-order valence-corrected chi connectivity index (χ1v) is 9.88. The molecule has 3 rings (SSSR count). The average Bonchev–Trinajstić information content (AvgIpc) is 2.67. The number of nitrogens with one attached hydrogen (secondary N) is 1. The predicted molar refractivity (Wildman–Crippen MR) is 105 cm³/mol. The van der Waals surface area contributed by atoms with Crippen molar-refractivity contribution in [2.75, 3.05) is 45.9 Å². The highest BCUT2D eigenvalue weighted by Crippen LogP contribution is 2.29. The van der Waals surface area contributed by atoms with Crippen molar-refractivity contribution in [2.45, 2.75) is 45.1 Å². The van der Waals surface area contributed by atoms with Crippen LogP contribution in [0.25, 0.3) is 0 Å². The Labute approximate surface area is 157 Å². The number of morpholine rings is 1. The van der Waals surface area contributed by atoms with E-state index in [1.54, 1.807) is 0 Å². The van der Waals surface area contributed by atoms with Crippen LogP contribution in [-0.4, -0.2) is 67.3 Å². The van der Waals surface area contributed by atoms with E-state index < -0.39 is 0 Å². The van der Waals surface area contributed by atoms with Crippen molar-refractivity contribution in [3.05, 3.63) is 35.4 Å². The number of rotatable bonds is 4. The molecule has 26 heavy (non-hydrogen) atoms. The molecule has 1 aromatic rings. The molecule has 2 heterocycles. The van der Waals surface area contributed by atoms with E-state index in [-0.39, 0.29) is 11.6 Å². The fraction of sp³-hybridized carbons (Fsp3) is 0.667. The van der Waals surface area contributed by atoms with Gasteiger partial charge in [-0.15, -0.1) is 0 Å². The fourth-order valence-corrected chi connectivity index (χ4v) is 4.14. The molecule has 2 amide bonds. The number of nitrogens with zero attached hydrogens (tertiary/aromatic N) is 2. The van der Waals surface area contributed by atoms with Gasteiger partial charge >= 0.3 is 6.03 Å². The largest absolute Gasteiger partial charge is 0.379 e. The summed E-state index contributed by atoms with van der Waals surface area (Å²) < 4.78 is 5.44. The lowest BCUT2D eigenvalue weighted by molar-refractivity contribution is -0.00910. The minimum absolute atomic E-state index is 0.0509. The molecule has 0 bridgehead atoms. The number of piperidine rings is 1. The monoisotopic (exact) mass is 359 g/mol. The van der Waals surface area contributed by atoms with Gasteiger partial charge in [-0.05, 0) is 44.7 Å². The third kappa shape index (κ3) is 4.57. The zero-order valence-electron chi connectivity index (χ0n) is 16.5. The second-order valence-corrected chi connectivity index (χ2v) is 8.21. The molecular weight excluding hydrogens is 326 g/mol. The van der Waals surface area contributed by atoms with Gasteiger partial charge in [0.2, 0.25) is 0 Å². The molecule has 2 aliphatic heterocycles. The van der Waals surface area contributed by atoms with Crippen LogP contribution in [0.1, 0.15) is 43.7 Å². The SMILES string of the molecule is Cc1ccccc1[C@@H]1CCCN(C(=O)NCC(C)(C)N2CCOCC2)C1. The number of carbonyl (C=O) groups is 1. The Balaban J connectivity index is 1.55. The van der Waals surface area contributed by atoms with Crippen molar-refractivity contribution in [3.63, 3.8) is 0 Å². The van der Waals surface area contributed by atoms with E-state index >= 15 is 0 Å². The Morgan fingerprint density at radius 3 is 2.69 bits per heavy atom. The highest BCUT2D eigenvalue weighted by molar-refractivity contribution is 5.74. The van der Waals surface area contributed by atoms with Crippen molar-refractivity contribution in [1.82, 2.24) is 15.1 Å². The Hall–Kier alpha value is -1.59. The van der Waals surface area contributed by atoms with Crippen molar-refractivity contribution in [2.24, 2.45) is 0 Å². The van der Waals surface area contributed by atoms with Crippen LogP contribution in [0.2, 0.25) is 0 Å². The van der Waals surface area contributed by atoms with Crippen LogP contribution in [0.3, 0.4) is 0 Å². The maximum Gasteiger partial charge on any atom is 0.317 e. The molecule has 2 fully saturated rings. The molecule has 144 valence electrons. The van der Waals surface area contributed by atoms with Gasteiger partial charge in [0.25, 0.3) is 0 Å². The lowest BCUT2D eigenvalue weighted by Gasteiger charge is -2.41. The smallest absolute Gasteiger partial charge is 0.317 e. The standard InChI is InChI=1S/C21H33N3O2/c1-17-7-4-5-9-19(17)18-8-6-10-23(15-18)20(25)22-16-21(2,3)24-11-13-26-14-12-24/h4-5,7,9,18H,6,8,10-16H2,1-3H3,(H,22,25)/t18-/m1/s1. The van der Waals surface area contributed by atoms with Crippen molar-refractivity contribution >= 4 is 6.03 Å². The van der Waals surface area contributed by atoms with Gasteiger partial charge in [0.05, 0.1) is 13.2 Å². The highest BCUT2D eigenvalue weighted by atomic mass is 16.5. The maximum absolute atomic E-state index is 12.8. The van der Waals surface area contributed by atoms with Crippen molar-refractivity contribution in [1.29, 1.82) is 0 Å². The number of likely N-dealkylation sites (tertiary alicyclic amines) is 1. The summed E-state index contributed by atoms with van der Waals surface area (Å²) in [5, 5.41) is 3.18. The van der Waals surface area contributed by atoms with Crippen LogP contribution in [0, 0.1) is 6.92 Å². The third-order valence-corrected chi connectivity index (χ3v) is 5.88. The lowest BCUT2D eigenvalue weighted by Crippen LogP contribution is -2.57. The first-order valence-electron chi connectivity index (χ1n) is 9.88. The van der Waals surface area contributed by atoms with Gasteiger partial charge in [-0.3, -0.25) is 4.90 Å². The number of carbonyl (C=O) groups excluding carboxylic acids is 1. The van der Waals surface area contributed by atoms with Crippen molar-refractivity contribution in [3.8, 4) is 0 Å². The van der Waals surface area contributed by atoms with Gasteiger partial charge in [0.1, 0.15) is 0 Å². The second-order valence-electron chi connectivity index (χ2n) is 8.21. The summed E-state index contributed by atoms with van der Waals surface area (Å²) in [5.41, 5.74) is 2.66. The molecule has 0 unspecified atom stereocenters. The zero-order chi connectivity index (χ0) is 18.6. The first kappa shape index (κ1) is 19.2. The van der Waals surface area contributed by atoms with Gasteiger partial charge < -0.3 is 15.0 Å². The summed E-state index contributed by atoms with van der Waals surface area (Å²) in [6.45, 7) is 12.3. The minimum Gasteiger partial charge on any atom is -0.379 e. The molecule has 2 aliphatic rings. The van der Waals surface area contributed by atoms with Crippen LogP contribution >= 0.6 is 0 Å². The van der Waals surface area contributed by atoms with Crippen LogP contribution in [-0.2, 0) is 4.74 Å². The van der Waals surface area contributed by atoms with E-state index in [4.69, 9.17) is 4.74 Å². The molecule has 5 nitrogen and oxygen atoms in total. The Morgan fingerprint density at radius 1 is 1.23 bits per heavy atom. The molecule has 2 saturated heterocycles. The van der Waals surface area contributed by atoms with Gasteiger partial charge in [-0.2, -0.15) is 0 Å². The summed E-state index contributed by atoms with van der Waals surface area (Å²) >= 11 is 0. The zero-order valence-corrected chi connectivity index (χ0v) is 16.5. The minimum atomic E-state index is -0.0509. The van der Waals surface area contributed by atoms with E-state index in [1.165, 1.54) is 11.1 Å². The molecule has 0 spiro atoms. The number of ether oxygens (including phenoxy) is 1. The predicted octanol–water partition coefficient (Wildman–Crippen LogP) is 2.99. The molecule has 5 heteroatoms. The number of urea groups is 1. The molecule has 1 aromatic carbocycles. The van der Waals surface area contributed by atoms with Crippen molar-refractivity contribution < 1.29 is 9.53 Å². The molecule has 1 N–H and O–H groups in total. The number of benzene rings is 1. The number of aryl methyl sites for hydroxylation is 1. The molecule has 0 aliphatic carbocycles. The summed E-state index contributed by atoms with van der Waals surface area (Å²) in [4.78, 5) is 17.2. The quantitative estimate of drug-likeness (QED) is 0.899. The number of hydrogen-bond donors (Lipinski definition) is 1. The number of amides is 2. The molecule has 0 radical (unpaired) electrons. The van der Waals surface area contributed by atoms with E-state index in [0.29, 0.717) is 12.5 Å². The topological polar surface area (TPSA) is 44.8 Å². The first-order chi connectivity index (χ1) is 12.5. The van der Waals surface area contributed by atoms with E-state index in [1.807, 2.05) is 4.90 Å². The third-order valence-electron chi connectivity index (χ3n) is 5.88. The Kier molecular flexibility index (Phi) is 6.20. The summed E-state index contributed by atoms with van der Waals surface area (Å²) in [5.74, 6) is 0.447. The maximum atomic E-state index is 12.8. The van der Waals surface area contributed by atoms with Crippen LogP contribution in [0.15, 0.2) is 24.3 Å². The van der Waals surface area contributed by atoms with Gasteiger partial charge in [-0.25, -0.2) is 4.79 Å². The van der Waals surface area contributed by atoms with Gasteiger partial charge in [0.15, 0.2) is 0 Å². The Morgan fingerprint density at radius 2 is 1.96 bits per heavy atom. The van der Waals surface area contributed by atoms with E-state index in [2.05, 4.69) is 55.3 Å². The molecular formula is C21H33N3O2. The second kappa shape index (κ2) is 8.40. The van der Waals surface area contributed by atoms with E-state index in [9.17, 15) is 4.79 Å². The van der Waals surface area contributed by atoms with Crippen LogP contribution < -0.4 is 5.32 Å². The molecule has 0 aromatic heterocycles. The molecule has 0 saturated carbocycles.